The van der Waals surface area contributed by atoms with Crippen molar-refractivity contribution in [3.05, 3.63) is 0 Å². The number of nitrogens with two attached hydrogens (primary N) is 1. The Morgan fingerprint density at radius 3 is 2.42 bits per heavy atom. The summed E-state index contributed by atoms with van der Waals surface area (Å²) < 4.78 is 6.08. The molecule has 0 saturated heterocycles. The van der Waals surface area contributed by atoms with Crippen molar-refractivity contribution in [2.24, 2.45) is 40.2 Å². The van der Waals surface area contributed by atoms with E-state index in [1.165, 1.54) is 12.8 Å². The van der Waals surface area contributed by atoms with Crippen LogP contribution in [0.5, 0.6) is 0 Å². The highest BCUT2D eigenvalue weighted by atomic mass is 16.5. The van der Waals surface area contributed by atoms with Gasteiger partial charge in [0.1, 0.15) is 0 Å². The zero-order chi connectivity index (χ0) is 18.5. The van der Waals surface area contributed by atoms with Gasteiger partial charge in [0.2, 0.25) is 0 Å². The second kappa shape index (κ2) is 7.02. The van der Waals surface area contributed by atoms with Gasteiger partial charge in [0, 0.05) is 6.61 Å². The van der Waals surface area contributed by atoms with Crippen LogP contribution in [-0.4, -0.2) is 41.7 Å². The first-order chi connectivity index (χ1) is 12.4. The van der Waals surface area contributed by atoms with Crippen molar-refractivity contribution in [2.75, 3.05) is 13.2 Å². The molecule has 0 heterocycles. The summed E-state index contributed by atoms with van der Waals surface area (Å²) in [5, 5.41) is 21.7. The summed E-state index contributed by atoms with van der Waals surface area (Å²) >= 11 is 0. The predicted molar refractivity (Wildman–Crippen MR) is 103 cm³/mol. The molecule has 0 spiro atoms. The van der Waals surface area contributed by atoms with Crippen LogP contribution in [0.3, 0.4) is 0 Å². The summed E-state index contributed by atoms with van der Waals surface area (Å²) in [5.74, 6) is 2.28. The fourth-order valence-corrected chi connectivity index (χ4v) is 7.72. The predicted octanol–water partition coefficient (Wildman–Crippen LogP) is 3.09. The van der Waals surface area contributed by atoms with Crippen LogP contribution in [0.1, 0.15) is 71.6 Å². The average molecular weight is 366 g/mol. The van der Waals surface area contributed by atoms with Gasteiger partial charge >= 0.3 is 0 Å². The largest absolute Gasteiger partial charge is 0.393 e. The lowest BCUT2D eigenvalue weighted by Gasteiger charge is -2.62. The van der Waals surface area contributed by atoms with E-state index in [2.05, 4.69) is 13.8 Å². The zero-order valence-electron chi connectivity index (χ0n) is 16.7. The molecule has 4 aliphatic rings. The van der Waals surface area contributed by atoms with E-state index in [1.807, 2.05) is 0 Å². The Hall–Kier alpha value is -0.160. The van der Waals surface area contributed by atoms with E-state index in [0.717, 1.165) is 51.6 Å². The van der Waals surface area contributed by atoms with Crippen molar-refractivity contribution < 1.29 is 14.9 Å². The van der Waals surface area contributed by atoms with Crippen LogP contribution in [0.25, 0.3) is 0 Å². The molecule has 4 nitrogen and oxygen atoms in total. The van der Waals surface area contributed by atoms with Crippen LogP contribution in [0.2, 0.25) is 0 Å². The van der Waals surface area contributed by atoms with Crippen LogP contribution >= 0.6 is 0 Å². The fraction of sp³-hybridized carbons (Fsp3) is 1.00. The molecule has 4 heteroatoms. The smallest absolute Gasteiger partial charge is 0.0596 e. The molecule has 0 aromatic rings. The van der Waals surface area contributed by atoms with E-state index in [-0.39, 0.29) is 23.0 Å². The van der Waals surface area contributed by atoms with Gasteiger partial charge in [-0.05, 0) is 98.8 Å². The van der Waals surface area contributed by atoms with Crippen molar-refractivity contribution in [1.82, 2.24) is 0 Å². The van der Waals surface area contributed by atoms with Crippen molar-refractivity contribution in [1.29, 1.82) is 0 Å². The second-order valence-corrected chi connectivity index (χ2v) is 10.3. The van der Waals surface area contributed by atoms with Crippen LogP contribution in [-0.2, 0) is 4.74 Å². The molecule has 26 heavy (non-hydrogen) atoms. The summed E-state index contributed by atoms with van der Waals surface area (Å²) in [6.45, 7) is 6.22. The first-order valence-electron chi connectivity index (χ1n) is 11.1. The maximum atomic E-state index is 11.1. The Kier molecular flexibility index (Phi) is 5.18. The minimum absolute atomic E-state index is 0.0899. The monoisotopic (exact) mass is 365 g/mol. The third-order valence-electron chi connectivity index (χ3n) is 9.28. The van der Waals surface area contributed by atoms with Gasteiger partial charge in [-0.3, -0.25) is 0 Å². The van der Waals surface area contributed by atoms with Crippen LogP contribution < -0.4 is 5.73 Å². The lowest BCUT2D eigenvalue weighted by molar-refractivity contribution is -0.179. The SMILES string of the molecule is C[C@]12CC[C@H](OCCCN)C[C@@H]1[C@@H](O)C[C@@H]1[C@@H]2CC[C@]2(C)[C@@H](O)CC[C@@H]12. The van der Waals surface area contributed by atoms with E-state index in [1.54, 1.807) is 0 Å². The molecular weight excluding hydrogens is 326 g/mol. The summed E-state index contributed by atoms with van der Waals surface area (Å²) in [4.78, 5) is 0. The molecule has 4 N–H and O–H groups in total. The zero-order valence-corrected chi connectivity index (χ0v) is 16.7. The topological polar surface area (TPSA) is 75.7 Å². The number of rotatable bonds is 4. The molecule has 4 aliphatic carbocycles. The summed E-state index contributed by atoms with van der Waals surface area (Å²) in [6, 6.07) is 0. The van der Waals surface area contributed by atoms with Gasteiger partial charge in [-0.25, -0.2) is 0 Å². The van der Waals surface area contributed by atoms with Gasteiger partial charge in [-0.1, -0.05) is 13.8 Å². The Labute approximate surface area is 158 Å². The Morgan fingerprint density at radius 1 is 0.923 bits per heavy atom. The quantitative estimate of drug-likeness (QED) is 0.669. The molecule has 4 rings (SSSR count). The number of hydrogen-bond donors (Lipinski definition) is 3. The first-order valence-corrected chi connectivity index (χ1v) is 11.1. The number of aliphatic hydroxyl groups excluding tert-OH is 2. The van der Waals surface area contributed by atoms with E-state index in [0.29, 0.717) is 36.3 Å². The lowest BCUT2D eigenvalue weighted by atomic mass is 9.44. The van der Waals surface area contributed by atoms with E-state index < -0.39 is 0 Å². The molecular formula is C22H39NO3. The maximum Gasteiger partial charge on any atom is 0.0596 e. The van der Waals surface area contributed by atoms with Crippen LogP contribution in [0, 0.1) is 34.5 Å². The number of fused-ring (bicyclic) bond motifs is 5. The summed E-state index contributed by atoms with van der Waals surface area (Å²) in [6.07, 6.45) is 9.62. The normalized spacial score (nSPS) is 53.7. The van der Waals surface area contributed by atoms with Gasteiger partial charge in [-0.15, -0.1) is 0 Å². The molecule has 0 aliphatic heterocycles. The molecule has 4 fully saturated rings. The summed E-state index contributed by atoms with van der Waals surface area (Å²) in [5.41, 5.74) is 5.92. The van der Waals surface area contributed by atoms with Gasteiger partial charge in [0.25, 0.3) is 0 Å². The number of ether oxygens (including phenoxy) is 1. The Morgan fingerprint density at radius 2 is 1.65 bits per heavy atom. The molecule has 0 radical (unpaired) electrons. The van der Waals surface area contributed by atoms with Crippen molar-refractivity contribution >= 4 is 0 Å². The standard InChI is InChI=1S/C22H39NO3/c1-21-8-6-14(26-11-3-10-23)12-18(21)19(24)13-15-16-4-5-20(25)22(16,2)9-7-17(15)21/h14-20,24-25H,3-13,23H2,1-2H3/t14-,15-,16-,17-,18+,19-,20-,21+,22-/m0/s1. The van der Waals surface area contributed by atoms with Crippen LogP contribution in [0.15, 0.2) is 0 Å². The molecule has 0 bridgehead atoms. The highest BCUT2D eigenvalue weighted by Gasteiger charge is 2.62. The van der Waals surface area contributed by atoms with E-state index >= 15 is 0 Å². The molecule has 9 atom stereocenters. The average Bonchev–Trinajstić information content (AvgIpc) is 2.92. The molecule has 0 amide bonds. The Bertz CT molecular complexity index is 514. The highest BCUT2D eigenvalue weighted by molar-refractivity contribution is 5.11. The van der Waals surface area contributed by atoms with Gasteiger partial charge in [-0.2, -0.15) is 0 Å². The minimum atomic E-state index is -0.206. The second-order valence-electron chi connectivity index (χ2n) is 10.3. The third-order valence-corrected chi connectivity index (χ3v) is 9.28. The maximum absolute atomic E-state index is 11.1. The van der Waals surface area contributed by atoms with Crippen molar-refractivity contribution in [2.45, 2.75) is 89.9 Å². The highest BCUT2D eigenvalue weighted by Crippen LogP contribution is 2.66. The third kappa shape index (κ3) is 2.87. The van der Waals surface area contributed by atoms with Gasteiger partial charge in [0.05, 0.1) is 18.3 Å². The Balaban J connectivity index is 1.51. The molecule has 0 unspecified atom stereocenters. The lowest BCUT2D eigenvalue weighted by Crippen LogP contribution is -2.58. The molecule has 0 aromatic carbocycles. The minimum Gasteiger partial charge on any atom is -0.393 e. The van der Waals surface area contributed by atoms with Crippen LogP contribution in [0.4, 0.5) is 0 Å². The fourth-order valence-electron chi connectivity index (χ4n) is 7.72. The number of aliphatic hydroxyl groups is 2. The molecule has 0 aromatic heterocycles. The van der Waals surface area contributed by atoms with Gasteiger partial charge < -0.3 is 20.7 Å². The first kappa shape index (κ1) is 19.2. The van der Waals surface area contributed by atoms with Crippen molar-refractivity contribution in [3.63, 3.8) is 0 Å². The molecule has 150 valence electrons. The molecule has 4 saturated carbocycles. The van der Waals surface area contributed by atoms with E-state index in [9.17, 15) is 10.2 Å². The van der Waals surface area contributed by atoms with Gasteiger partial charge in [0.15, 0.2) is 0 Å². The van der Waals surface area contributed by atoms with E-state index in [4.69, 9.17) is 10.5 Å². The van der Waals surface area contributed by atoms with Crippen molar-refractivity contribution in [3.8, 4) is 0 Å². The number of hydrogen-bond acceptors (Lipinski definition) is 4. The summed E-state index contributed by atoms with van der Waals surface area (Å²) in [7, 11) is 0.